The van der Waals surface area contributed by atoms with Crippen molar-refractivity contribution in [3.05, 3.63) is 23.2 Å². The van der Waals surface area contributed by atoms with Crippen molar-refractivity contribution in [3.63, 3.8) is 0 Å². The number of ether oxygens (including phenoxy) is 1. The second kappa shape index (κ2) is 6.17. The molecule has 1 aromatic rings. The van der Waals surface area contributed by atoms with Crippen molar-refractivity contribution in [2.45, 2.75) is 19.5 Å². The third kappa shape index (κ3) is 3.12. The number of nitrogens with one attached hydrogen (secondary N) is 1. The first-order valence-corrected chi connectivity index (χ1v) is 7.52. The lowest BCUT2D eigenvalue weighted by Gasteiger charge is -2.46. The Morgan fingerprint density at radius 2 is 2.14 bits per heavy atom. The Morgan fingerprint density at radius 1 is 1.43 bits per heavy atom. The van der Waals surface area contributed by atoms with E-state index in [1.807, 2.05) is 13.0 Å². The zero-order chi connectivity index (χ0) is 14.8. The van der Waals surface area contributed by atoms with Gasteiger partial charge < -0.3 is 14.5 Å². The lowest BCUT2D eigenvalue weighted by Crippen LogP contribution is -2.62. The molecule has 116 valence electrons. The molecule has 3 heterocycles. The number of rotatable bonds is 4. The summed E-state index contributed by atoms with van der Waals surface area (Å²) < 4.78 is 10.3. The third-order valence-corrected chi connectivity index (χ3v) is 4.32. The summed E-state index contributed by atoms with van der Waals surface area (Å²) in [6.45, 7) is 9.27. The maximum Gasteiger partial charge on any atom is 0.374 e. The molecule has 0 aromatic carbocycles. The summed E-state index contributed by atoms with van der Waals surface area (Å²) in [5.41, 5.74) is 0.844. The summed E-state index contributed by atoms with van der Waals surface area (Å²) in [6.07, 6.45) is 0. The molecule has 6 heteroatoms. The highest BCUT2D eigenvalue weighted by Crippen LogP contribution is 2.22. The zero-order valence-corrected chi connectivity index (χ0v) is 12.7. The molecule has 0 atom stereocenters. The standard InChI is InChI=1S/C15H23N3O3/c1-11-7-13(21-14(11)15(19)20-2)10-17-8-12(9-17)18-5-3-16-4-6-18/h7,12,16H,3-6,8-10H2,1-2H3. The minimum absolute atomic E-state index is 0.326. The second-order valence-electron chi connectivity index (χ2n) is 5.85. The zero-order valence-electron chi connectivity index (χ0n) is 12.7. The van der Waals surface area contributed by atoms with Crippen LogP contribution in [0.5, 0.6) is 0 Å². The SMILES string of the molecule is COC(=O)c1oc(CN2CC(N3CCNCC3)C2)cc1C. The third-order valence-electron chi connectivity index (χ3n) is 4.32. The topological polar surface area (TPSA) is 58.0 Å². The Morgan fingerprint density at radius 3 is 2.81 bits per heavy atom. The number of likely N-dealkylation sites (tertiary alicyclic amines) is 1. The Balaban J connectivity index is 1.51. The molecule has 21 heavy (non-hydrogen) atoms. The van der Waals surface area contributed by atoms with Gasteiger partial charge in [0.2, 0.25) is 5.76 Å². The fourth-order valence-corrected chi connectivity index (χ4v) is 3.09. The molecule has 6 nitrogen and oxygen atoms in total. The molecule has 0 spiro atoms. The van der Waals surface area contributed by atoms with Crippen LogP contribution < -0.4 is 5.32 Å². The minimum Gasteiger partial charge on any atom is -0.463 e. The van der Waals surface area contributed by atoms with E-state index in [2.05, 4.69) is 15.1 Å². The van der Waals surface area contributed by atoms with E-state index in [0.717, 1.165) is 57.1 Å². The Bertz CT molecular complexity index is 502. The van der Waals surface area contributed by atoms with Crippen molar-refractivity contribution in [1.29, 1.82) is 0 Å². The van der Waals surface area contributed by atoms with Crippen LogP contribution in [0.3, 0.4) is 0 Å². The lowest BCUT2D eigenvalue weighted by molar-refractivity contribution is 0.0180. The van der Waals surface area contributed by atoms with E-state index in [-0.39, 0.29) is 0 Å². The van der Waals surface area contributed by atoms with Crippen molar-refractivity contribution in [2.75, 3.05) is 46.4 Å². The van der Waals surface area contributed by atoms with Gasteiger partial charge in [-0.05, 0) is 13.0 Å². The molecule has 0 bridgehead atoms. The molecule has 0 unspecified atom stereocenters. The number of aryl methyl sites for hydroxylation is 1. The molecule has 0 amide bonds. The predicted octanol–water partition coefficient (Wildman–Crippen LogP) is 0.464. The van der Waals surface area contributed by atoms with Gasteiger partial charge in [0, 0.05) is 50.9 Å². The van der Waals surface area contributed by atoms with Crippen LogP contribution in [0.15, 0.2) is 10.5 Å². The summed E-state index contributed by atoms with van der Waals surface area (Å²) in [5, 5.41) is 3.38. The minimum atomic E-state index is -0.402. The van der Waals surface area contributed by atoms with Crippen LogP contribution in [0, 0.1) is 6.92 Å². The van der Waals surface area contributed by atoms with Gasteiger partial charge in [0.05, 0.1) is 13.7 Å². The predicted molar refractivity (Wildman–Crippen MR) is 78.3 cm³/mol. The smallest absolute Gasteiger partial charge is 0.374 e. The molecule has 1 N–H and O–H groups in total. The molecule has 0 radical (unpaired) electrons. The van der Waals surface area contributed by atoms with Gasteiger partial charge in [-0.1, -0.05) is 0 Å². The second-order valence-corrected chi connectivity index (χ2v) is 5.85. The highest BCUT2D eigenvalue weighted by atomic mass is 16.5. The van der Waals surface area contributed by atoms with Crippen molar-refractivity contribution >= 4 is 5.97 Å². The molecule has 2 aliphatic rings. The summed E-state index contributed by atoms with van der Waals surface area (Å²) in [6, 6.07) is 2.60. The van der Waals surface area contributed by atoms with E-state index in [1.54, 1.807) is 0 Å². The van der Waals surface area contributed by atoms with Gasteiger partial charge in [0.25, 0.3) is 0 Å². The van der Waals surface area contributed by atoms with Crippen LogP contribution in [0.25, 0.3) is 0 Å². The number of carbonyl (C=O) groups excluding carboxylic acids is 1. The Kier molecular flexibility index (Phi) is 4.28. The number of esters is 1. The Labute approximate surface area is 125 Å². The van der Waals surface area contributed by atoms with Gasteiger partial charge in [-0.2, -0.15) is 0 Å². The molecule has 0 aliphatic carbocycles. The maximum atomic E-state index is 11.5. The molecular weight excluding hydrogens is 270 g/mol. The van der Waals surface area contributed by atoms with Crippen molar-refractivity contribution in [1.82, 2.24) is 15.1 Å². The van der Waals surface area contributed by atoms with E-state index >= 15 is 0 Å². The maximum absolute atomic E-state index is 11.5. The molecule has 0 saturated carbocycles. The van der Waals surface area contributed by atoms with Gasteiger partial charge in [0.1, 0.15) is 5.76 Å². The highest BCUT2D eigenvalue weighted by Gasteiger charge is 2.32. The van der Waals surface area contributed by atoms with E-state index in [4.69, 9.17) is 9.15 Å². The van der Waals surface area contributed by atoms with E-state index in [1.165, 1.54) is 7.11 Å². The molecule has 1 aromatic heterocycles. The normalized spacial score (nSPS) is 21.2. The Hall–Kier alpha value is -1.37. The summed E-state index contributed by atoms with van der Waals surface area (Å²) in [4.78, 5) is 16.4. The summed E-state index contributed by atoms with van der Waals surface area (Å²) >= 11 is 0. The number of furan rings is 1. The van der Waals surface area contributed by atoms with E-state index in [9.17, 15) is 4.79 Å². The molecule has 2 saturated heterocycles. The fraction of sp³-hybridized carbons (Fsp3) is 0.667. The fourth-order valence-electron chi connectivity index (χ4n) is 3.09. The van der Waals surface area contributed by atoms with E-state index in [0.29, 0.717) is 11.8 Å². The van der Waals surface area contributed by atoms with Gasteiger partial charge in [-0.15, -0.1) is 0 Å². The summed E-state index contributed by atoms with van der Waals surface area (Å²) in [7, 11) is 1.37. The van der Waals surface area contributed by atoms with Crippen molar-refractivity contribution < 1.29 is 13.9 Å². The quantitative estimate of drug-likeness (QED) is 0.814. The number of nitrogens with zero attached hydrogens (tertiary/aromatic N) is 2. The number of methoxy groups -OCH3 is 1. The number of piperazine rings is 1. The van der Waals surface area contributed by atoms with Crippen molar-refractivity contribution in [2.24, 2.45) is 0 Å². The number of hydrogen-bond acceptors (Lipinski definition) is 6. The van der Waals surface area contributed by atoms with Gasteiger partial charge >= 0.3 is 5.97 Å². The van der Waals surface area contributed by atoms with Crippen LogP contribution in [0.1, 0.15) is 21.9 Å². The molecule has 3 rings (SSSR count). The first kappa shape index (κ1) is 14.6. The van der Waals surface area contributed by atoms with Crippen LogP contribution in [0.4, 0.5) is 0 Å². The average molecular weight is 293 g/mol. The van der Waals surface area contributed by atoms with E-state index < -0.39 is 5.97 Å². The van der Waals surface area contributed by atoms with Crippen LogP contribution in [-0.4, -0.2) is 68.2 Å². The highest BCUT2D eigenvalue weighted by molar-refractivity contribution is 5.87. The van der Waals surface area contributed by atoms with Crippen LogP contribution in [-0.2, 0) is 11.3 Å². The van der Waals surface area contributed by atoms with Crippen LogP contribution in [0.2, 0.25) is 0 Å². The van der Waals surface area contributed by atoms with Gasteiger partial charge in [0.15, 0.2) is 0 Å². The van der Waals surface area contributed by atoms with Gasteiger partial charge in [-0.25, -0.2) is 4.79 Å². The molecule has 2 fully saturated rings. The number of hydrogen-bond donors (Lipinski definition) is 1. The first-order valence-electron chi connectivity index (χ1n) is 7.52. The molecular formula is C15H23N3O3. The van der Waals surface area contributed by atoms with Gasteiger partial charge in [-0.3, -0.25) is 9.80 Å². The van der Waals surface area contributed by atoms with Crippen LogP contribution >= 0.6 is 0 Å². The molecule has 2 aliphatic heterocycles. The van der Waals surface area contributed by atoms with Crippen molar-refractivity contribution in [3.8, 4) is 0 Å². The largest absolute Gasteiger partial charge is 0.463 e. The summed E-state index contributed by atoms with van der Waals surface area (Å²) in [5.74, 6) is 0.763. The number of carbonyl (C=O) groups is 1. The monoisotopic (exact) mass is 293 g/mol. The lowest BCUT2D eigenvalue weighted by atomic mass is 10.1. The average Bonchev–Trinajstić information content (AvgIpc) is 2.83. The first-order chi connectivity index (χ1) is 10.2.